The highest BCUT2D eigenvalue weighted by atomic mass is 32.2. The zero-order valence-electron chi connectivity index (χ0n) is 24.8. The number of hydrogen-bond donors (Lipinski definition) is 1. The summed E-state index contributed by atoms with van der Waals surface area (Å²) in [5.41, 5.74) is 4.38. The van der Waals surface area contributed by atoms with Crippen LogP contribution in [0.25, 0.3) is 0 Å². The summed E-state index contributed by atoms with van der Waals surface area (Å²) in [6.45, 7) is 14.6. The molecule has 0 unspecified atom stereocenters. The van der Waals surface area contributed by atoms with Crippen molar-refractivity contribution in [1.29, 1.82) is 0 Å². The largest absolute Gasteiger partial charge is 0.350 e. The number of nitrogens with zero attached hydrogens (tertiary/aromatic N) is 2. The van der Waals surface area contributed by atoms with Crippen molar-refractivity contribution >= 4 is 27.5 Å². The molecule has 3 aromatic rings. The number of aryl methyl sites for hydroxylation is 3. The maximum absolute atomic E-state index is 14.1. The Balaban J connectivity index is 2.09. The van der Waals surface area contributed by atoms with Gasteiger partial charge < -0.3 is 10.2 Å². The first-order valence-corrected chi connectivity index (χ1v) is 14.9. The Hall–Kier alpha value is -3.65. The van der Waals surface area contributed by atoms with Gasteiger partial charge in [-0.25, -0.2) is 8.42 Å². The van der Waals surface area contributed by atoms with Gasteiger partial charge in [0.2, 0.25) is 11.8 Å². The standard InChI is InChI=1S/C32H41N3O4S/c1-22-16-18-28(19-17-22)40(38,39)35(29-15-11-13-23(2)25(29)4)21-30(36)34(20-27-14-10-9-12-24(27)3)26(5)31(37)33-32(6,7)8/h9-19,26H,20-21H2,1-8H3,(H,33,37)/t26-/m1/s1. The molecule has 0 saturated heterocycles. The normalized spacial score (nSPS) is 12.5. The summed E-state index contributed by atoms with van der Waals surface area (Å²) in [7, 11) is -4.11. The number of anilines is 1. The molecule has 8 heteroatoms. The molecule has 0 fully saturated rings. The van der Waals surface area contributed by atoms with E-state index < -0.39 is 34.1 Å². The number of rotatable bonds is 9. The van der Waals surface area contributed by atoms with Crippen LogP contribution in [0.3, 0.4) is 0 Å². The minimum Gasteiger partial charge on any atom is -0.350 e. The highest BCUT2D eigenvalue weighted by Crippen LogP contribution is 2.29. The summed E-state index contributed by atoms with van der Waals surface area (Å²) in [4.78, 5) is 28.9. The van der Waals surface area contributed by atoms with E-state index in [1.165, 1.54) is 9.21 Å². The van der Waals surface area contributed by atoms with Crippen LogP contribution in [0.15, 0.2) is 71.6 Å². The average molecular weight is 564 g/mol. The molecule has 214 valence electrons. The fraction of sp³-hybridized carbons (Fsp3) is 0.375. The van der Waals surface area contributed by atoms with Crippen LogP contribution in [-0.4, -0.2) is 43.3 Å². The predicted molar refractivity (Wildman–Crippen MR) is 161 cm³/mol. The molecule has 0 saturated carbocycles. The molecule has 1 atom stereocenters. The Bertz CT molecular complexity index is 1470. The van der Waals surface area contributed by atoms with Crippen LogP contribution >= 0.6 is 0 Å². The Morgan fingerprint density at radius 1 is 0.850 bits per heavy atom. The van der Waals surface area contributed by atoms with Gasteiger partial charge in [0.25, 0.3) is 10.0 Å². The Morgan fingerprint density at radius 2 is 1.45 bits per heavy atom. The molecule has 0 radical (unpaired) electrons. The molecule has 7 nitrogen and oxygen atoms in total. The number of benzene rings is 3. The molecular weight excluding hydrogens is 522 g/mol. The van der Waals surface area contributed by atoms with Crippen molar-refractivity contribution in [2.24, 2.45) is 0 Å². The first-order chi connectivity index (χ1) is 18.6. The second-order valence-electron chi connectivity index (χ2n) is 11.4. The summed E-state index contributed by atoms with van der Waals surface area (Å²) >= 11 is 0. The third kappa shape index (κ3) is 7.30. The van der Waals surface area contributed by atoms with Gasteiger partial charge in [0.1, 0.15) is 12.6 Å². The van der Waals surface area contributed by atoms with Gasteiger partial charge in [0.05, 0.1) is 10.6 Å². The SMILES string of the molecule is Cc1ccc(S(=O)(=O)N(CC(=O)N(Cc2ccccc2C)[C@H](C)C(=O)NC(C)(C)C)c2cccc(C)c2C)cc1. The number of nitrogens with one attached hydrogen (secondary N) is 1. The van der Waals surface area contributed by atoms with Crippen molar-refractivity contribution in [1.82, 2.24) is 10.2 Å². The first kappa shape index (κ1) is 30.9. The van der Waals surface area contributed by atoms with Gasteiger partial charge in [-0.2, -0.15) is 0 Å². The number of hydrogen-bond acceptors (Lipinski definition) is 4. The van der Waals surface area contributed by atoms with E-state index in [4.69, 9.17) is 0 Å². The van der Waals surface area contributed by atoms with Gasteiger partial charge in [0, 0.05) is 12.1 Å². The van der Waals surface area contributed by atoms with Crippen LogP contribution in [0.1, 0.15) is 55.5 Å². The average Bonchev–Trinajstić information content (AvgIpc) is 2.87. The topological polar surface area (TPSA) is 86.8 Å². The molecule has 3 aromatic carbocycles. The van der Waals surface area contributed by atoms with E-state index in [0.29, 0.717) is 5.69 Å². The van der Waals surface area contributed by atoms with Crippen LogP contribution in [0, 0.1) is 27.7 Å². The maximum Gasteiger partial charge on any atom is 0.264 e. The fourth-order valence-corrected chi connectivity index (χ4v) is 5.86. The summed E-state index contributed by atoms with van der Waals surface area (Å²) < 4.78 is 29.3. The van der Waals surface area contributed by atoms with Gasteiger partial charge in [-0.3, -0.25) is 13.9 Å². The van der Waals surface area contributed by atoms with Crippen LogP contribution < -0.4 is 9.62 Å². The molecule has 0 heterocycles. The van der Waals surface area contributed by atoms with Gasteiger partial charge >= 0.3 is 0 Å². The first-order valence-electron chi connectivity index (χ1n) is 13.4. The summed E-state index contributed by atoms with van der Waals surface area (Å²) in [5, 5.41) is 2.95. The number of sulfonamides is 1. The molecule has 0 aliphatic rings. The predicted octanol–water partition coefficient (Wildman–Crippen LogP) is 5.45. The van der Waals surface area contributed by atoms with Crippen molar-refractivity contribution in [2.75, 3.05) is 10.8 Å². The molecule has 0 bridgehead atoms. The third-order valence-electron chi connectivity index (χ3n) is 7.00. The lowest BCUT2D eigenvalue weighted by Crippen LogP contribution is -2.54. The molecular formula is C32H41N3O4S. The highest BCUT2D eigenvalue weighted by molar-refractivity contribution is 7.92. The van der Waals surface area contributed by atoms with Gasteiger partial charge in [-0.05, 0) is 95.8 Å². The molecule has 2 amide bonds. The highest BCUT2D eigenvalue weighted by Gasteiger charge is 2.34. The molecule has 0 aliphatic carbocycles. The van der Waals surface area contributed by atoms with E-state index in [1.807, 2.05) is 78.8 Å². The zero-order chi connectivity index (χ0) is 29.8. The Kier molecular flexibility index (Phi) is 9.46. The fourth-order valence-electron chi connectivity index (χ4n) is 4.38. The van der Waals surface area contributed by atoms with E-state index >= 15 is 0 Å². The van der Waals surface area contributed by atoms with Crippen molar-refractivity contribution in [3.8, 4) is 0 Å². The second kappa shape index (κ2) is 12.3. The number of carbonyl (C=O) groups is 2. The van der Waals surface area contributed by atoms with Crippen LogP contribution in [0.2, 0.25) is 0 Å². The summed E-state index contributed by atoms with van der Waals surface area (Å²) in [6, 6.07) is 18.8. The van der Waals surface area contributed by atoms with E-state index in [-0.39, 0.29) is 17.3 Å². The van der Waals surface area contributed by atoms with Crippen molar-refractivity contribution in [3.63, 3.8) is 0 Å². The van der Waals surface area contributed by atoms with Crippen LogP contribution in [-0.2, 0) is 26.2 Å². The van der Waals surface area contributed by atoms with Gasteiger partial charge in [-0.1, -0.05) is 54.1 Å². The number of carbonyl (C=O) groups excluding carboxylic acids is 2. The lowest BCUT2D eigenvalue weighted by molar-refractivity contribution is -0.140. The Morgan fingerprint density at radius 3 is 2.05 bits per heavy atom. The summed E-state index contributed by atoms with van der Waals surface area (Å²) in [5.74, 6) is -0.787. The van der Waals surface area contributed by atoms with E-state index in [1.54, 1.807) is 43.3 Å². The summed E-state index contributed by atoms with van der Waals surface area (Å²) in [6.07, 6.45) is 0. The monoisotopic (exact) mass is 563 g/mol. The molecule has 3 rings (SSSR count). The van der Waals surface area contributed by atoms with Crippen molar-refractivity contribution < 1.29 is 18.0 Å². The quantitative estimate of drug-likeness (QED) is 0.375. The molecule has 40 heavy (non-hydrogen) atoms. The lowest BCUT2D eigenvalue weighted by atomic mass is 10.1. The number of amides is 2. The maximum atomic E-state index is 14.1. The third-order valence-corrected chi connectivity index (χ3v) is 8.77. The van der Waals surface area contributed by atoms with E-state index in [9.17, 15) is 18.0 Å². The van der Waals surface area contributed by atoms with Crippen LogP contribution in [0.5, 0.6) is 0 Å². The van der Waals surface area contributed by atoms with E-state index in [0.717, 1.165) is 27.8 Å². The minimum absolute atomic E-state index is 0.0933. The van der Waals surface area contributed by atoms with Gasteiger partial charge in [-0.15, -0.1) is 0 Å². The van der Waals surface area contributed by atoms with Crippen LogP contribution in [0.4, 0.5) is 5.69 Å². The molecule has 1 N–H and O–H groups in total. The second-order valence-corrected chi connectivity index (χ2v) is 13.3. The smallest absolute Gasteiger partial charge is 0.264 e. The molecule has 0 aromatic heterocycles. The van der Waals surface area contributed by atoms with Crippen molar-refractivity contribution in [2.45, 2.75) is 78.4 Å². The molecule has 0 spiro atoms. The minimum atomic E-state index is -4.11. The zero-order valence-corrected chi connectivity index (χ0v) is 25.6. The molecule has 0 aliphatic heterocycles. The van der Waals surface area contributed by atoms with E-state index in [2.05, 4.69) is 5.32 Å². The van der Waals surface area contributed by atoms with Crippen molar-refractivity contribution in [3.05, 3.63) is 94.5 Å². The van der Waals surface area contributed by atoms with Gasteiger partial charge in [0.15, 0.2) is 0 Å². The lowest BCUT2D eigenvalue weighted by Gasteiger charge is -2.34. The Labute approximate surface area is 239 Å².